The van der Waals surface area contributed by atoms with Gasteiger partial charge < -0.3 is 19.5 Å². The summed E-state index contributed by atoms with van der Waals surface area (Å²) in [5.41, 5.74) is -0.0783. The lowest BCUT2D eigenvalue weighted by atomic mass is 9.96. The van der Waals surface area contributed by atoms with Crippen molar-refractivity contribution in [3.63, 3.8) is 0 Å². The first kappa shape index (κ1) is 19.5. The van der Waals surface area contributed by atoms with E-state index in [1.165, 1.54) is 7.11 Å². The standard InChI is InChI=1S/C18H23N3O5/c1-6-11-12(7-19)14(20-15(25-5)13(11)16(22)23)21-8-10(9-21)17(24)26-18(2,3)4/h10H,6,8-9H2,1-5H3,(H,22,23). The van der Waals surface area contributed by atoms with E-state index in [9.17, 15) is 20.0 Å². The maximum absolute atomic E-state index is 12.1. The van der Waals surface area contributed by atoms with Crippen LogP contribution in [-0.2, 0) is 16.0 Å². The van der Waals surface area contributed by atoms with Gasteiger partial charge in [0.15, 0.2) is 5.82 Å². The van der Waals surface area contributed by atoms with E-state index in [0.717, 1.165) is 0 Å². The molecule has 0 radical (unpaired) electrons. The van der Waals surface area contributed by atoms with Gasteiger partial charge in [-0.3, -0.25) is 4.79 Å². The van der Waals surface area contributed by atoms with Gasteiger partial charge >= 0.3 is 11.9 Å². The summed E-state index contributed by atoms with van der Waals surface area (Å²) in [5, 5.41) is 19.0. The zero-order valence-electron chi connectivity index (χ0n) is 15.6. The van der Waals surface area contributed by atoms with Crippen LogP contribution in [-0.4, -0.2) is 47.8 Å². The van der Waals surface area contributed by atoms with Gasteiger partial charge in [-0.15, -0.1) is 0 Å². The van der Waals surface area contributed by atoms with Gasteiger partial charge in [-0.25, -0.2) is 4.79 Å². The van der Waals surface area contributed by atoms with Gasteiger partial charge in [0.25, 0.3) is 0 Å². The lowest BCUT2D eigenvalue weighted by Gasteiger charge is -2.40. The Bertz CT molecular complexity index is 771. The quantitative estimate of drug-likeness (QED) is 0.792. The van der Waals surface area contributed by atoms with E-state index in [-0.39, 0.29) is 28.9 Å². The molecule has 0 saturated carbocycles. The Balaban J connectivity index is 2.33. The highest BCUT2D eigenvalue weighted by Crippen LogP contribution is 2.34. The second-order valence-electron chi connectivity index (χ2n) is 7.08. The average Bonchev–Trinajstić information content (AvgIpc) is 2.49. The number of rotatable bonds is 5. The first-order valence-corrected chi connectivity index (χ1v) is 8.35. The number of carboxylic acid groups (broad SMARTS) is 1. The molecule has 0 atom stereocenters. The molecule has 1 aromatic rings. The van der Waals surface area contributed by atoms with Crippen molar-refractivity contribution in [1.29, 1.82) is 5.26 Å². The van der Waals surface area contributed by atoms with Crippen LogP contribution in [0, 0.1) is 17.2 Å². The van der Waals surface area contributed by atoms with Crippen LogP contribution in [0.2, 0.25) is 0 Å². The summed E-state index contributed by atoms with van der Waals surface area (Å²) in [4.78, 5) is 29.7. The molecule has 1 aliphatic heterocycles. The van der Waals surface area contributed by atoms with Gasteiger partial charge in [-0.05, 0) is 32.8 Å². The second kappa shape index (κ2) is 7.20. The van der Waals surface area contributed by atoms with Crippen molar-refractivity contribution in [2.24, 2.45) is 5.92 Å². The molecular weight excluding hydrogens is 338 g/mol. The molecule has 1 saturated heterocycles. The van der Waals surface area contributed by atoms with Crippen LogP contribution < -0.4 is 9.64 Å². The number of carbonyl (C=O) groups is 2. The molecule has 2 rings (SSSR count). The minimum atomic E-state index is -1.19. The normalized spacial score (nSPS) is 14.4. The van der Waals surface area contributed by atoms with Gasteiger partial charge in [0.05, 0.1) is 18.6 Å². The minimum Gasteiger partial charge on any atom is -0.480 e. The Morgan fingerprint density at radius 2 is 2.00 bits per heavy atom. The van der Waals surface area contributed by atoms with Crippen molar-refractivity contribution >= 4 is 17.8 Å². The van der Waals surface area contributed by atoms with Gasteiger partial charge in [0, 0.05) is 13.1 Å². The van der Waals surface area contributed by atoms with Gasteiger partial charge in [-0.2, -0.15) is 10.2 Å². The molecule has 26 heavy (non-hydrogen) atoms. The van der Waals surface area contributed by atoms with Crippen LogP contribution in [0.25, 0.3) is 0 Å². The molecule has 0 spiro atoms. The number of hydrogen-bond acceptors (Lipinski definition) is 7. The Hall–Kier alpha value is -2.82. The molecule has 1 fully saturated rings. The van der Waals surface area contributed by atoms with Crippen LogP contribution in [0.5, 0.6) is 5.88 Å². The summed E-state index contributed by atoms with van der Waals surface area (Å²) in [6, 6.07) is 2.05. The van der Waals surface area contributed by atoms with E-state index in [2.05, 4.69) is 11.1 Å². The number of aromatic carboxylic acids is 1. The highest BCUT2D eigenvalue weighted by Gasteiger charge is 2.38. The Morgan fingerprint density at radius 1 is 1.38 bits per heavy atom. The lowest BCUT2D eigenvalue weighted by Crippen LogP contribution is -2.52. The highest BCUT2D eigenvalue weighted by atomic mass is 16.6. The fourth-order valence-electron chi connectivity index (χ4n) is 2.85. The number of esters is 1. The third-order valence-corrected chi connectivity index (χ3v) is 4.04. The lowest BCUT2D eigenvalue weighted by molar-refractivity contribution is -0.160. The Kier molecular flexibility index (Phi) is 5.40. The molecule has 0 bridgehead atoms. The maximum Gasteiger partial charge on any atom is 0.341 e. The Morgan fingerprint density at radius 3 is 2.42 bits per heavy atom. The zero-order chi connectivity index (χ0) is 19.6. The summed E-state index contributed by atoms with van der Waals surface area (Å²) >= 11 is 0. The molecule has 0 aromatic carbocycles. The highest BCUT2D eigenvalue weighted by molar-refractivity contribution is 5.94. The first-order valence-electron chi connectivity index (χ1n) is 8.35. The van der Waals surface area contributed by atoms with Crippen molar-refractivity contribution in [2.45, 2.75) is 39.7 Å². The number of hydrogen-bond donors (Lipinski definition) is 1. The van der Waals surface area contributed by atoms with Crippen LogP contribution in [0.3, 0.4) is 0 Å². The van der Waals surface area contributed by atoms with E-state index >= 15 is 0 Å². The molecule has 140 valence electrons. The molecule has 2 heterocycles. The smallest absolute Gasteiger partial charge is 0.341 e. The molecular formula is C18H23N3O5. The third kappa shape index (κ3) is 3.72. The number of methoxy groups -OCH3 is 1. The largest absolute Gasteiger partial charge is 0.480 e. The van der Waals surface area contributed by atoms with Crippen molar-refractivity contribution in [3.05, 3.63) is 16.7 Å². The SMILES string of the molecule is CCc1c(C#N)c(N2CC(C(=O)OC(C)(C)C)C2)nc(OC)c1C(=O)O. The average molecular weight is 361 g/mol. The van der Waals surface area contributed by atoms with E-state index in [4.69, 9.17) is 9.47 Å². The summed E-state index contributed by atoms with van der Waals surface area (Å²) in [6.07, 6.45) is 0.347. The summed E-state index contributed by atoms with van der Waals surface area (Å²) < 4.78 is 10.5. The summed E-state index contributed by atoms with van der Waals surface area (Å²) in [7, 11) is 1.34. The van der Waals surface area contributed by atoms with Crippen molar-refractivity contribution in [1.82, 2.24) is 4.98 Å². The molecule has 8 nitrogen and oxygen atoms in total. The fourth-order valence-corrected chi connectivity index (χ4v) is 2.85. The number of nitrogens with zero attached hydrogens (tertiary/aromatic N) is 3. The summed E-state index contributed by atoms with van der Waals surface area (Å²) in [6.45, 7) is 7.90. The minimum absolute atomic E-state index is 0.0379. The second-order valence-corrected chi connectivity index (χ2v) is 7.08. The van der Waals surface area contributed by atoms with E-state index in [1.807, 2.05) is 0 Å². The fraction of sp³-hybridized carbons (Fsp3) is 0.556. The summed E-state index contributed by atoms with van der Waals surface area (Å²) in [5.74, 6) is -1.49. The molecule has 0 aliphatic carbocycles. The van der Waals surface area contributed by atoms with Gasteiger partial charge in [0.2, 0.25) is 5.88 Å². The van der Waals surface area contributed by atoms with Crippen LogP contribution >= 0.6 is 0 Å². The number of aromatic nitrogens is 1. The zero-order valence-corrected chi connectivity index (χ0v) is 15.6. The van der Waals surface area contributed by atoms with E-state index < -0.39 is 11.6 Å². The molecule has 1 aromatic heterocycles. The number of ether oxygens (including phenoxy) is 2. The van der Waals surface area contributed by atoms with Crippen molar-refractivity contribution < 1.29 is 24.2 Å². The predicted molar refractivity (Wildman–Crippen MR) is 93.4 cm³/mol. The predicted octanol–water partition coefficient (Wildman–Crippen LogP) is 2.00. The van der Waals surface area contributed by atoms with E-state index in [1.54, 1.807) is 32.6 Å². The topological polar surface area (TPSA) is 113 Å². The van der Waals surface area contributed by atoms with Crippen LogP contribution in [0.15, 0.2) is 0 Å². The number of pyridine rings is 1. The van der Waals surface area contributed by atoms with Gasteiger partial charge in [-0.1, -0.05) is 6.92 Å². The Labute approximate surface area is 152 Å². The molecule has 8 heteroatoms. The van der Waals surface area contributed by atoms with Crippen molar-refractivity contribution in [2.75, 3.05) is 25.1 Å². The van der Waals surface area contributed by atoms with E-state index in [0.29, 0.717) is 30.9 Å². The number of nitriles is 1. The number of carboxylic acids is 1. The van der Waals surface area contributed by atoms with Crippen LogP contribution in [0.4, 0.5) is 5.82 Å². The van der Waals surface area contributed by atoms with Crippen molar-refractivity contribution in [3.8, 4) is 11.9 Å². The molecule has 0 unspecified atom stereocenters. The molecule has 0 amide bonds. The third-order valence-electron chi connectivity index (χ3n) is 4.04. The van der Waals surface area contributed by atoms with Crippen LogP contribution in [0.1, 0.15) is 49.2 Å². The van der Waals surface area contributed by atoms with Gasteiger partial charge in [0.1, 0.15) is 17.2 Å². The monoisotopic (exact) mass is 361 g/mol. The number of anilines is 1. The first-order chi connectivity index (χ1) is 12.1. The molecule has 1 N–H and O–H groups in total. The molecule has 1 aliphatic rings. The number of carbonyl (C=O) groups excluding carboxylic acids is 1. The maximum atomic E-state index is 12.1.